The Kier molecular flexibility index (Phi) is 5.19. The van der Waals surface area contributed by atoms with Crippen LogP contribution in [0.3, 0.4) is 0 Å². The largest absolute Gasteiger partial charge is 0.457 e. The number of hydrogen-bond acceptors (Lipinski definition) is 2. The highest BCUT2D eigenvalue weighted by Gasteiger charge is 2.84. The summed E-state index contributed by atoms with van der Waals surface area (Å²) in [4.78, 5) is 2.54. The van der Waals surface area contributed by atoms with Gasteiger partial charge < -0.3 is 9.64 Å². The fraction of sp³-hybridized carbons (Fsp3) is 0.391. The summed E-state index contributed by atoms with van der Waals surface area (Å²) in [5, 5.41) is 2.55. The van der Waals surface area contributed by atoms with Crippen molar-refractivity contribution in [3.8, 4) is 11.5 Å². The van der Waals surface area contributed by atoms with Crippen LogP contribution in [0.1, 0.15) is 88.5 Å². The number of para-hydroxylation sites is 1. The van der Waals surface area contributed by atoms with Crippen LogP contribution in [-0.4, -0.2) is 0 Å². The average Bonchev–Trinajstić information content (AvgIpc) is 3.62. The summed E-state index contributed by atoms with van der Waals surface area (Å²) in [7, 11) is 0. The molecule has 240 valence electrons. The van der Waals surface area contributed by atoms with Gasteiger partial charge in [-0.1, -0.05) is 82.3 Å². The van der Waals surface area contributed by atoms with Gasteiger partial charge in [0.2, 0.25) is 0 Å². The fourth-order valence-electron chi connectivity index (χ4n) is 12.7. The van der Waals surface area contributed by atoms with Gasteiger partial charge >= 0.3 is 0 Å². The first-order valence-corrected chi connectivity index (χ1v) is 18.6. The van der Waals surface area contributed by atoms with Crippen molar-refractivity contribution in [3.63, 3.8) is 0 Å². The second kappa shape index (κ2) is 8.94. The highest BCUT2D eigenvalue weighted by atomic mass is 16.5. The zero-order chi connectivity index (χ0) is 32.2. The molecule has 6 unspecified atom stereocenters. The molecule has 1 heterocycles. The van der Waals surface area contributed by atoms with Gasteiger partial charge in [-0.3, -0.25) is 0 Å². The molecule has 2 heteroatoms. The zero-order valence-corrected chi connectivity index (χ0v) is 28.7. The van der Waals surface area contributed by atoms with E-state index in [-0.39, 0.29) is 16.2 Å². The Labute approximate surface area is 285 Å². The summed E-state index contributed by atoms with van der Waals surface area (Å²) in [5.74, 6) is 5.49. The molecule has 0 saturated heterocycles. The molecule has 5 aliphatic carbocycles. The lowest BCUT2D eigenvalue weighted by Crippen LogP contribution is -2.74. The van der Waals surface area contributed by atoms with Crippen LogP contribution >= 0.6 is 0 Å². The molecule has 2 bridgehead atoms. The first-order chi connectivity index (χ1) is 23.2. The van der Waals surface area contributed by atoms with Gasteiger partial charge in [-0.25, -0.2) is 0 Å². The van der Waals surface area contributed by atoms with Gasteiger partial charge in [0.1, 0.15) is 11.5 Å². The molecule has 0 amide bonds. The number of ether oxygens (including phenoxy) is 1. The molecule has 6 atom stereocenters. The highest BCUT2D eigenvalue weighted by molar-refractivity contribution is 5.89. The minimum Gasteiger partial charge on any atom is -0.457 e. The van der Waals surface area contributed by atoms with Gasteiger partial charge in [0, 0.05) is 33.6 Å². The van der Waals surface area contributed by atoms with Crippen LogP contribution < -0.4 is 9.64 Å². The predicted octanol–water partition coefficient (Wildman–Crippen LogP) is 12.1. The maximum Gasteiger partial charge on any atom is 0.131 e. The van der Waals surface area contributed by atoms with Crippen LogP contribution in [0.15, 0.2) is 103 Å². The Morgan fingerprint density at radius 1 is 0.562 bits per heavy atom. The summed E-state index contributed by atoms with van der Waals surface area (Å²) in [5.41, 5.74) is 10.5. The molecule has 1 aliphatic heterocycles. The normalized spacial score (nSPS) is 31.9. The van der Waals surface area contributed by atoms with Crippen molar-refractivity contribution < 1.29 is 4.74 Å². The lowest BCUT2D eigenvalue weighted by atomic mass is 9.26. The van der Waals surface area contributed by atoms with Gasteiger partial charge in [-0.15, -0.1) is 0 Å². The molecule has 4 fully saturated rings. The Balaban J connectivity index is 1.13. The number of rotatable bonds is 3. The van der Waals surface area contributed by atoms with E-state index >= 15 is 0 Å². The van der Waals surface area contributed by atoms with Crippen molar-refractivity contribution in [2.45, 2.75) is 82.5 Å². The lowest BCUT2D eigenvalue weighted by molar-refractivity contribution is -0.235. The molecule has 0 N–H and O–H groups in total. The van der Waals surface area contributed by atoms with E-state index in [1.54, 1.807) is 0 Å². The predicted molar refractivity (Wildman–Crippen MR) is 196 cm³/mol. The molecule has 5 aromatic carbocycles. The monoisotopic (exact) mass is 627 g/mol. The first kappa shape index (κ1) is 27.9. The molecular weight excluding hydrogens is 583 g/mol. The van der Waals surface area contributed by atoms with Crippen molar-refractivity contribution in [1.29, 1.82) is 0 Å². The van der Waals surface area contributed by atoms with E-state index in [0.717, 1.165) is 35.2 Å². The summed E-state index contributed by atoms with van der Waals surface area (Å²) in [6.45, 7) is 9.73. The summed E-state index contributed by atoms with van der Waals surface area (Å²) >= 11 is 0. The van der Waals surface area contributed by atoms with Crippen molar-refractivity contribution in [3.05, 3.63) is 125 Å². The van der Waals surface area contributed by atoms with E-state index in [9.17, 15) is 0 Å². The molecule has 5 aromatic rings. The molecule has 48 heavy (non-hydrogen) atoms. The van der Waals surface area contributed by atoms with Gasteiger partial charge in [0.25, 0.3) is 0 Å². The van der Waals surface area contributed by atoms with E-state index in [1.807, 2.05) is 0 Å². The van der Waals surface area contributed by atoms with E-state index in [2.05, 4.69) is 136 Å². The number of fused-ring (bicyclic) bond motifs is 9. The van der Waals surface area contributed by atoms with Crippen LogP contribution in [-0.2, 0) is 16.2 Å². The summed E-state index contributed by atoms with van der Waals surface area (Å²) in [6, 6.07) is 39.3. The van der Waals surface area contributed by atoms with Crippen LogP contribution in [0.5, 0.6) is 11.5 Å². The smallest absolute Gasteiger partial charge is 0.131 e. The van der Waals surface area contributed by atoms with Crippen LogP contribution in [0.25, 0.3) is 10.8 Å². The fourth-order valence-corrected chi connectivity index (χ4v) is 12.7. The third-order valence-corrected chi connectivity index (χ3v) is 14.8. The number of hydrogen-bond donors (Lipinski definition) is 0. The molecule has 11 rings (SSSR count). The second-order valence-electron chi connectivity index (χ2n) is 17.7. The minimum atomic E-state index is 0.0583. The number of anilines is 3. The Morgan fingerprint density at radius 2 is 1.21 bits per heavy atom. The second-order valence-corrected chi connectivity index (χ2v) is 17.7. The van der Waals surface area contributed by atoms with E-state index in [0.29, 0.717) is 5.41 Å². The zero-order valence-electron chi connectivity index (χ0n) is 28.7. The molecule has 4 saturated carbocycles. The van der Waals surface area contributed by atoms with Crippen molar-refractivity contribution in [2.24, 2.45) is 29.1 Å². The topological polar surface area (TPSA) is 12.5 Å². The van der Waals surface area contributed by atoms with Crippen LogP contribution in [0.2, 0.25) is 0 Å². The quantitative estimate of drug-likeness (QED) is 0.197. The highest BCUT2D eigenvalue weighted by Crippen LogP contribution is 2.89. The standard InChI is InChI=1S/C46H45NO/c1-43(2)19-20-44(3,4)37-25-33(15-17-35(37)43)47(32-14-13-29-9-5-6-10-30(29)23-32)34-16-18-40-38(26-34)46(36-11-7-8-12-39(36)48-40)41-22-28-21-31-24-42(46)45(31,41)27-28/h5-18,23,25-26,28,31,41-42H,19-22,24,27H2,1-4H3. The third kappa shape index (κ3) is 3.26. The third-order valence-electron chi connectivity index (χ3n) is 14.8. The number of benzene rings is 5. The van der Waals surface area contributed by atoms with Crippen molar-refractivity contribution >= 4 is 27.8 Å². The average molecular weight is 628 g/mol. The molecule has 0 aromatic heterocycles. The lowest BCUT2D eigenvalue weighted by Gasteiger charge is -2.77. The minimum absolute atomic E-state index is 0.0583. The first-order valence-electron chi connectivity index (χ1n) is 18.6. The van der Waals surface area contributed by atoms with Crippen molar-refractivity contribution in [2.75, 3.05) is 4.90 Å². The Hall–Kier alpha value is -4.04. The van der Waals surface area contributed by atoms with E-state index in [1.165, 1.54) is 88.6 Å². The van der Waals surface area contributed by atoms with E-state index in [4.69, 9.17) is 4.74 Å². The molecule has 6 aliphatic rings. The van der Waals surface area contributed by atoms with Gasteiger partial charge in [-0.05, 0) is 149 Å². The van der Waals surface area contributed by atoms with E-state index < -0.39 is 0 Å². The van der Waals surface area contributed by atoms with Gasteiger partial charge in [0.05, 0.1) is 0 Å². The molecule has 0 radical (unpaired) electrons. The maximum absolute atomic E-state index is 6.81. The molecule has 2 spiro atoms. The number of nitrogens with zero attached hydrogens (tertiary/aromatic N) is 1. The maximum atomic E-state index is 6.81. The summed E-state index contributed by atoms with van der Waals surface area (Å²) in [6.07, 6.45) is 8.15. The SMILES string of the molecule is CC1(C)CCC(C)(C)c2cc(N(c3ccc4c(c3)C3(c5ccccc5O4)C4CC5CC6CC3C64C5)c3ccc4ccccc4c3)ccc21. The van der Waals surface area contributed by atoms with Crippen LogP contribution in [0, 0.1) is 29.1 Å². The van der Waals surface area contributed by atoms with Crippen LogP contribution in [0.4, 0.5) is 17.1 Å². The molecule has 2 nitrogen and oxygen atoms in total. The van der Waals surface area contributed by atoms with Gasteiger partial charge in [0.15, 0.2) is 0 Å². The van der Waals surface area contributed by atoms with Gasteiger partial charge in [-0.2, -0.15) is 0 Å². The summed E-state index contributed by atoms with van der Waals surface area (Å²) < 4.78 is 6.81. The Bertz CT molecular complexity index is 2190. The Morgan fingerprint density at radius 3 is 2.04 bits per heavy atom. The molecular formula is C46H45NO. The van der Waals surface area contributed by atoms with Crippen molar-refractivity contribution in [1.82, 2.24) is 0 Å².